The molecule has 2 N–H and O–H groups in total. The third kappa shape index (κ3) is 4.77. The zero-order valence-electron chi connectivity index (χ0n) is 12.6. The molecule has 0 aromatic carbocycles. The summed E-state index contributed by atoms with van der Waals surface area (Å²) in [4.78, 5) is 14.4. The van der Waals surface area contributed by atoms with Gasteiger partial charge in [-0.05, 0) is 45.4 Å². The first-order valence-electron chi connectivity index (χ1n) is 7.80. The molecule has 2 aliphatic rings. The Morgan fingerprint density at radius 3 is 2.26 bits per heavy atom. The summed E-state index contributed by atoms with van der Waals surface area (Å²) in [6.45, 7) is 9.18. The van der Waals surface area contributed by atoms with Gasteiger partial charge in [-0.2, -0.15) is 0 Å². The summed E-state index contributed by atoms with van der Waals surface area (Å²) >= 11 is 0. The fraction of sp³-hybridized carbons (Fsp3) is 0.933. The van der Waals surface area contributed by atoms with Crippen LogP contribution in [0.1, 0.15) is 46.5 Å². The first-order valence-corrected chi connectivity index (χ1v) is 7.80. The Balaban J connectivity index is 1.72. The van der Waals surface area contributed by atoms with Gasteiger partial charge in [0.2, 0.25) is 5.91 Å². The van der Waals surface area contributed by atoms with Crippen molar-refractivity contribution in [2.75, 3.05) is 19.6 Å². The second kappa shape index (κ2) is 6.71. The van der Waals surface area contributed by atoms with Crippen molar-refractivity contribution in [2.45, 2.75) is 64.6 Å². The molecule has 110 valence electrons. The Morgan fingerprint density at radius 1 is 1.11 bits per heavy atom. The van der Waals surface area contributed by atoms with E-state index < -0.39 is 0 Å². The highest BCUT2D eigenvalue weighted by Crippen LogP contribution is 2.23. The lowest BCUT2D eigenvalue weighted by Crippen LogP contribution is -2.56. The quantitative estimate of drug-likeness (QED) is 0.811. The Bertz CT molecular complexity index is 290. The van der Waals surface area contributed by atoms with Crippen LogP contribution in [0.25, 0.3) is 0 Å². The molecule has 4 heteroatoms. The van der Waals surface area contributed by atoms with Crippen molar-refractivity contribution >= 4 is 5.91 Å². The summed E-state index contributed by atoms with van der Waals surface area (Å²) in [5.41, 5.74) is 0. The first kappa shape index (κ1) is 14.8. The zero-order valence-corrected chi connectivity index (χ0v) is 12.6. The molecule has 4 nitrogen and oxygen atoms in total. The minimum absolute atomic E-state index is 0.209. The van der Waals surface area contributed by atoms with Crippen LogP contribution in [0.5, 0.6) is 0 Å². The van der Waals surface area contributed by atoms with Crippen LogP contribution in [-0.2, 0) is 4.79 Å². The van der Waals surface area contributed by atoms with E-state index in [9.17, 15) is 4.79 Å². The number of carbonyl (C=O) groups excluding carboxylic acids is 1. The molecule has 1 saturated heterocycles. The number of nitrogens with zero attached hydrogens (tertiary/aromatic N) is 1. The van der Waals surface area contributed by atoms with Crippen molar-refractivity contribution in [3.05, 3.63) is 0 Å². The average molecular weight is 267 g/mol. The van der Waals surface area contributed by atoms with E-state index in [2.05, 4.69) is 36.3 Å². The molecule has 0 radical (unpaired) electrons. The van der Waals surface area contributed by atoms with Gasteiger partial charge in [0.25, 0.3) is 0 Å². The van der Waals surface area contributed by atoms with E-state index in [1.54, 1.807) is 0 Å². The van der Waals surface area contributed by atoms with Gasteiger partial charge in [0.1, 0.15) is 0 Å². The molecule has 0 aromatic rings. The summed E-state index contributed by atoms with van der Waals surface area (Å²) < 4.78 is 0. The third-order valence-electron chi connectivity index (χ3n) is 4.38. The second-order valence-corrected chi connectivity index (χ2v) is 6.69. The minimum atomic E-state index is 0.209. The van der Waals surface area contributed by atoms with Crippen LogP contribution in [0.15, 0.2) is 0 Å². The lowest BCUT2D eigenvalue weighted by Gasteiger charge is -2.36. The molecule has 0 spiro atoms. The van der Waals surface area contributed by atoms with Gasteiger partial charge in [0, 0.05) is 31.2 Å². The Kier molecular flexibility index (Phi) is 5.22. The molecular formula is C15H29N3O. The zero-order chi connectivity index (χ0) is 13.8. The van der Waals surface area contributed by atoms with Gasteiger partial charge in [0.15, 0.2) is 0 Å². The SMILES string of the molecule is CC1CCC(NC(=O)CN2CC(C)NC(C)C2)CC1. The summed E-state index contributed by atoms with van der Waals surface area (Å²) in [5.74, 6) is 1.05. The normalized spacial score (nSPS) is 37.0. The maximum Gasteiger partial charge on any atom is 0.234 e. The fourth-order valence-corrected chi connectivity index (χ4v) is 3.45. The molecule has 2 unspecified atom stereocenters. The number of rotatable bonds is 3. The van der Waals surface area contributed by atoms with Gasteiger partial charge < -0.3 is 10.6 Å². The third-order valence-corrected chi connectivity index (χ3v) is 4.38. The summed E-state index contributed by atoms with van der Waals surface area (Å²) in [7, 11) is 0. The van der Waals surface area contributed by atoms with Gasteiger partial charge in [-0.1, -0.05) is 6.92 Å². The van der Waals surface area contributed by atoms with E-state index >= 15 is 0 Å². The van der Waals surface area contributed by atoms with E-state index in [-0.39, 0.29) is 5.91 Å². The molecule has 2 fully saturated rings. The Morgan fingerprint density at radius 2 is 1.68 bits per heavy atom. The highest BCUT2D eigenvalue weighted by molar-refractivity contribution is 5.78. The van der Waals surface area contributed by atoms with Gasteiger partial charge in [-0.3, -0.25) is 9.69 Å². The van der Waals surface area contributed by atoms with E-state index in [1.165, 1.54) is 12.8 Å². The number of amides is 1. The first-order chi connectivity index (χ1) is 9.02. The van der Waals surface area contributed by atoms with Crippen LogP contribution in [-0.4, -0.2) is 48.6 Å². The van der Waals surface area contributed by atoms with E-state index in [0.29, 0.717) is 24.7 Å². The molecule has 2 rings (SSSR count). The van der Waals surface area contributed by atoms with E-state index in [0.717, 1.165) is 31.8 Å². The monoisotopic (exact) mass is 267 g/mol. The van der Waals surface area contributed by atoms with Crippen LogP contribution < -0.4 is 10.6 Å². The van der Waals surface area contributed by atoms with Crippen molar-refractivity contribution in [1.82, 2.24) is 15.5 Å². The smallest absolute Gasteiger partial charge is 0.234 e. The molecule has 2 atom stereocenters. The van der Waals surface area contributed by atoms with Crippen molar-refractivity contribution in [1.29, 1.82) is 0 Å². The number of hydrogen-bond acceptors (Lipinski definition) is 3. The van der Waals surface area contributed by atoms with Gasteiger partial charge in [-0.15, -0.1) is 0 Å². The van der Waals surface area contributed by atoms with Crippen LogP contribution in [0.2, 0.25) is 0 Å². The summed E-state index contributed by atoms with van der Waals surface area (Å²) in [5, 5.41) is 6.71. The summed E-state index contributed by atoms with van der Waals surface area (Å²) in [6, 6.07) is 1.38. The molecule has 1 amide bonds. The van der Waals surface area contributed by atoms with Crippen molar-refractivity contribution < 1.29 is 4.79 Å². The maximum absolute atomic E-state index is 12.1. The van der Waals surface area contributed by atoms with Crippen molar-refractivity contribution in [3.63, 3.8) is 0 Å². The molecule has 0 aromatic heterocycles. The van der Waals surface area contributed by atoms with Crippen molar-refractivity contribution in [3.8, 4) is 0 Å². The predicted molar refractivity (Wildman–Crippen MR) is 78.1 cm³/mol. The molecule has 19 heavy (non-hydrogen) atoms. The fourth-order valence-electron chi connectivity index (χ4n) is 3.45. The molecule has 1 heterocycles. The van der Waals surface area contributed by atoms with Crippen LogP contribution in [0.4, 0.5) is 0 Å². The highest BCUT2D eigenvalue weighted by atomic mass is 16.2. The topological polar surface area (TPSA) is 44.4 Å². The lowest BCUT2D eigenvalue weighted by molar-refractivity contribution is -0.123. The van der Waals surface area contributed by atoms with E-state index in [4.69, 9.17) is 0 Å². The number of piperazine rings is 1. The molecule has 1 aliphatic carbocycles. The molecule has 1 saturated carbocycles. The van der Waals surface area contributed by atoms with E-state index in [1.807, 2.05) is 0 Å². The second-order valence-electron chi connectivity index (χ2n) is 6.69. The Labute approximate surface area is 117 Å². The van der Waals surface area contributed by atoms with Gasteiger partial charge in [0.05, 0.1) is 6.54 Å². The largest absolute Gasteiger partial charge is 0.352 e. The number of carbonyl (C=O) groups is 1. The number of nitrogens with one attached hydrogen (secondary N) is 2. The minimum Gasteiger partial charge on any atom is -0.352 e. The Hall–Kier alpha value is -0.610. The standard InChI is InChI=1S/C15H29N3O/c1-11-4-6-14(7-5-11)17-15(19)10-18-8-12(2)16-13(3)9-18/h11-14,16H,4-10H2,1-3H3,(H,17,19). The van der Waals surface area contributed by atoms with Crippen LogP contribution in [0.3, 0.4) is 0 Å². The summed E-state index contributed by atoms with van der Waals surface area (Å²) in [6.07, 6.45) is 4.82. The van der Waals surface area contributed by atoms with Gasteiger partial charge in [-0.25, -0.2) is 0 Å². The maximum atomic E-state index is 12.1. The molecule has 0 bridgehead atoms. The van der Waals surface area contributed by atoms with Crippen LogP contribution >= 0.6 is 0 Å². The average Bonchev–Trinajstić information content (AvgIpc) is 2.30. The van der Waals surface area contributed by atoms with Crippen molar-refractivity contribution in [2.24, 2.45) is 5.92 Å². The lowest BCUT2D eigenvalue weighted by atomic mass is 9.87. The van der Waals surface area contributed by atoms with Crippen LogP contribution in [0, 0.1) is 5.92 Å². The highest BCUT2D eigenvalue weighted by Gasteiger charge is 2.24. The number of hydrogen-bond donors (Lipinski definition) is 2. The van der Waals surface area contributed by atoms with Gasteiger partial charge >= 0.3 is 0 Å². The molecule has 1 aliphatic heterocycles. The molecular weight excluding hydrogens is 238 g/mol. The predicted octanol–water partition coefficient (Wildman–Crippen LogP) is 1.36.